The SMILES string of the molecule is Cc1cc(O)c(C)c(C)c1C[C@H](N)C(=O)N[C@H](CS)C(=O)N[C@@H](Cc1ccccc1)C(=O)N[C@@H](C(=O)O)C(C)(C)S. The van der Waals surface area contributed by atoms with E-state index >= 15 is 0 Å². The Morgan fingerprint density at radius 1 is 0.902 bits per heavy atom. The second-order valence-electron chi connectivity index (χ2n) is 10.7. The summed E-state index contributed by atoms with van der Waals surface area (Å²) in [4.78, 5) is 51.3. The van der Waals surface area contributed by atoms with Gasteiger partial charge in [0.05, 0.1) is 6.04 Å². The molecule has 41 heavy (non-hydrogen) atoms. The number of amides is 3. The van der Waals surface area contributed by atoms with Crippen LogP contribution in [0.2, 0.25) is 0 Å². The molecule has 2 aromatic carbocycles. The molecule has 2 aromatic rings. The second-order valence-corrected chi connectivity index (χ2v) is 12.2. The molecule has 0 fully saturated rings. The molecule has 0 aliphatic heterocycles. The van der Waals surface area contributed by atoms with Crippen LogP contribution in [0, 0.1) is 20.8 Å². The molecule has 0 aliphatic carbocycles. The average Bonchev–Trinajstić information content (AvgIpc) is 2.90. The van der Waals surface area contributed by atoms with Gasteiger partial charge in [0, 0.05) is 16.9 Å². The lowest BCUT2D eigenvalue weighted by molar-refractivity contribution is -0.143. The summed E-state index contributed by atoms with van der Waals surface area (Å²) in [7, 11) is 0. The maximum absolute atomic E-state index is 13.2. The van der Waals surface area contributed by atoms with Crippen LogP contribution in [0.25, 0.3) is 0 Å². The van der Waals surface area contributed by atoms with Crippen LogP contribution in [0.4, 0.5) is 0 Å². The molecule has 0 aliphatic rings. The van der Waals surface area contributed by atoms with Crippen LogP contribution in [0.1, 0.15) is 41.7 Å². The Morgan fingerprint density at radius 2 is 1.46 bits per heavy atom. The van der Waals surface area contributed by atoms with Gasteiger partial charge < -0.3 is 31.9 Å². The van der Waals surface area contributed by atoms with Crippen LogP contribution in [-0.4, -0.2) is 68.6 Å². The fourth-order valence-corrected chi connectivity index (χ4v) is 4.76. The quantitative estimate of drug-likeness (QED) is 0.161. The number of benzene rings is 2. The van der Waals surface area contributed by atoms with Gasteiger partial charge in [0.1, 0.15) is 23.9 Å². The summed E-state index contributed by atoms with van der Waals surface area (Å²) < 4.78 is -1.09. The fourth-order valence-electron chi connectivity index (χ4n) is 4.33. The van der Waals surface area contributed by atoms with Crippen LogP contribution in [0.15, 0.2) is 36.4 Å². The number of aliphatic carboxylic acids is 1. The van der Waals surface area contributed by atoms with E-state index in [0.29, 0.717) is 5.56 Å². The number of carboxylic acids is 1. The summed E-state index contributed by atoms with van der Waals surface area (Å²) in [5.74, 6) is -3.17. The largest absolute Gasteiger partial charge is 0.508 e. The van der Waals surface area contributed by atoms with Crippen molar-refractivity contribution in [2.24, 2.45) is 5.73 Å². The number of nitrogens with two attached hydrogens (primary N) is 1. The maximum Gasteiger partial charge on any atom is 0.327 e. The summed E-state index contributed by atoms with van der Waals surface area (Å²) in [5, 5.41) is 27.4. The molecule has 3 amide bonds. The minimum atomic E-state index is -1.33. The topological polar surface area (TPSA) is 171 Å². The molecule has 0 saturated carbocycles. The Kier molecular flexibility index (Phi) is 12.1. The lowest BCUT2D eigenvalue weighted by atomic mass is 9.92. The first-order valence-electron chi connectivity index (χ1n) is 13.1. The van der Waals surface area contributed by atoms with Gasteiger partial charge >= 0.3 is 5.97 Å². The van der Waals surface area contributed by atoms with Crippen LogP contribution >= 0.6 is 25.3 Å². The van der Waals surface area contributed by atoms with E-state index in [4.69, 9.17) is 5.73 Å². The molecule has 0 saturated heterocycles. The number of hydrogen-bond donors (Lipinski definition) is 8. The fraction of sp³-hybridized carbons (Fsp3) is 0.448. The Bertz CT molecular complexity index is 1270. The van der Waals surface area contributed by atoms with Crippen molar-refractivity contribution in [3.05, 3.63) is 64.2 Å². The molecule has 224 valence electrons. The van der Waals surface area contributed by atoms with Crippen LogP contribution in [-0.2, 0) is 32.0 Å². The average molecular weight is 605 g/mol. The molecule has 0 aromatic heterocycles. The second kappa shape index (κ2) is 14.6. The minimum absolute atomic E-state index is 0.0727. The third-order valence-electron chi connectivity index (χ3n) is 6.96. The lowest BCUT2D eigenvalue weighted by Crippen LogP contribution is -2.60. The molecule has 12 heteroatoms. The van der Waals surface area contributed by atoms with Crippen molar-refractivity contribution in [1.82, 2.24) is 16.0 Å². The molecular weight excluding hydrogens is 564 g/mol. The maximum atomic E-state index is 13.2. The van der Waals surface area contributed by atoms with E-state index < -0.39 is 52.6 Å². The van der Waals surface area contributed by atoms with Crippen molar-refractivity contribution in [1.29, 1.82) is 0 Å². The van der Waals surface area contributed by atoms with Crippen LogP contribution in [0.5, 0.6) is 5.75 Å². The molecule has 0 heterocycles. The Hall–Kier alpha value is -3.22. The number of thiol groups is 2. The van der Waals surface area contributed by atoms with Gasteiger partial charge in [-0.2, -0.15) is 25.3 Å². The smallest absolute Gasteiger partial charge is 0.327 e. The van der Waals surface area contributed by atoms with Crippen molar-refractivity contribution in [2.75, 3.05) is 5.75 Å². The Balaban J connectivity index is 2.20. The number of hydrogen-bond acceptors (Lipinski definition) is 8. The molecule has 0 spiro atoms. The van der Waals surface area contributed by atoms with E-state index in [1.165, 1.54) is 0 Å². The highest BCUT2D eigenvalue weighted by molar-refractivity contribution is 7.81. The number of aromatic hydroxyl groups is 1. The van der Waals surface area contributed by atoms with Crippen LogP contribution < -0.4 is 21.7 Å². The standard InChI is InChI=1S/C29H40N4O6S2/c1-15-11-23(34)17(3)16(2)19(15)13-20(30)25(35)32-22(14-40)27(37)31-21(12-18-9-7-6-8-10-18)26(36)33-24(28(38)39)29(4,5)41/h6-11,20-22,24,34,40-41H,12-14,30H2,1-5H3,(H,31,37)(H,32,35)(H,33,36)(H,38,39)/t20-,21-,22+,24-/m0/s1. The Morgan fingerprint density at radius 3 is 2.00 bits per heavy atom. The number of phenolic OH excluding ortho intramolecular Hbond substituents is 1. The highest BCUT2D eigenvalue weighted by atomic mass is 32.1. The van der Waals surface area contributed by atoms with E-state index in [9.17, 15) is 29.4 Å². The zero-order valence-electron chi connectivity index (χ0n) is 23.9. The van der Waals surface area contributed by atoms with Gasteiger partial charge in [-0.05, 0) is 74.9 Å². The lowest BCUT2D eigenvalue weighted by Gasteiger charge is -2.29. The van der Waals surface area contributed by atoms with Gasteiger partial charge in [0.15, 0.2) is 0 Å². The third kappa shape index (κ3) is 9.40. The number of aryl methyl sites for hydroxylation is 1. The van der Waals surface area contributed by atoms with Gasteiger partial charge in [-0.1, -0.05) is 30.3 Å². The number of rotatable bonds is 13. The Labute approximate surface area is 251 Å². The predicted octanol–water partition coefficient (Wildman–Crippen LogP) is 1.61. The number of carbonyl (C=O) groups excluding carboxylic acids is 3. The monoisotopic (exact) mass is 604 g/mol. The molecule has 0 unspecified atom stereocenters. The zero-order valence-corrected chi connectivity index (χ0v) is 25.7. The molecule has 2 rings (SSSR count). The summed E-state index contributed by atoms with van der Waals surface area (Å²) in [6.45, 7) is 8.54. The molecule has 0 radical (unpaired) electrons. The summed E-state index contributed by atoms with van der Waals surface area (Å²) in [6.07, 6.45) is 0.254. The van der Waals surface area contributed by atoms with Crippen LogP contribution in [0.3, 0.4) is 0 Å². The van der Waals surface area contributed by atoms with Crippen molar-refractivity contribution in [3.63, 3.8) is 0 Å². The number of carbonyl (C=O) groups is 4. The van der Waals surface area contributed by atoms with Crippen molar-refractivity contribution in [3.8, 4) is 5.75 Å². The minimum Gasteiger partial charge on any atom is -0.508 e. The van der Waals surface area contributed by atoms with Crippen molar-refractivity contribution < 1.29 is 29.4 Å². The predicted molar refractivity (Wildman–Crippen MR) is 164 cm³/mol. The van der Waals surface area contributed by atoms with Crippen molar-refractivity contribution >= 4 is 48.9 Å². The first-order chi connectivity index (χ1) is 19.1. The summed E-state index contributed by atoms with van der Waals surface area (Å²) in [6, 6.07) is 5.92. The van der Waals surface area contributed by atoms with Gasteiger partial charge in [-0.3, -0.25) is 14.4 Å². The molecule has 4 atom stereocenters. The zero-order chi connectivity index (χ0) is 31.1. The van der Waals surface area contributed by atoms with E-state index in [1.54, 1.807) is 57.2 Å². The molecular formula is C29H40N4O6S2. The van der Waals surface area contributed by atoms with Gasteiger partial charge in [-0.15, -0.1) is 0 Å². The summed E-state index contributed by atoms with van der Waals surface area (Å²) >= 11 is 8.52. The van der Waals surface area contributed by atoms with Gasteiger partial charge in [0.25, 0.3) is 0 Å². The van der Waals surface area contributed by atoms with Gasteiger partial charge in [-0.25, -0.2) is 4.79 Å². The van der Waals surface area contributed by atoms with E-state index in [1.807, 2.05) is 13.8 Å². The molecule has 0 bridgehead atoms. The number of carboxylic acid groups (broad SMARTS) is 1. The number of nitrogens with one attached hydrogen (secondary N) is 3. The number of phenols is 1. The van der Waals surface area contributed by atoms with E-state index in [0.717, 1.165) is 22.3 Å². The molecule has 10 nitrogen and oxygen atoms in total. The van der Waals surface area contributed by atoms with Crippen molar-refractivity contribution in [2.45, 2.75) is 76.4 Å². The van der Waals surface area contributed by atoms with E-state index in [-0.39, 0.29) is 24.3 Å². The first-order valence-corrected chi connectivity index (χ1v) is 14.2. The molecule has 7 N–H and O–H groups in total. The highest BCUT2D eigenvalue weighted by Crippen LogP contribution is 2.27. The van der Waals surface area contributed by atoms with E-state index in [2.05, 4.69) is 41.2 Å². The third-order valence-corrected chi connectivity index (χ3v) is 7.58. The summed E-state index contributed by atoms with van der Waals surface area (Å²) in [5.41, 5.74) is 10.1. The highest BCUT2D eigenvalue weighted by Gasteiger charge is 2.36. The first kappa shape index (κ1) is 34.0. The van der Waals surface area contributed by atoms with Gasteiger partial charge in [0.2, 0.25) is 17.7 Å². The normalized spacial score (nSPS) is 14.3.